The molecule has 0 fully saturated rings. The van der Waals surface area contributed by atoms with Gasteiger partial charge in [0, 0.05) is 25.7 Å². The predicted octanol–water partition coefficient (Wildman–Crippen LogP) is 22.1. The van der Waals surface area contributed by atoms with Crippen molar-refractivity contribution in [2.24, 2.45) is 0 Å². The maximum absolute atomic E-state index is 13.1. The van der Waals surface area contributed by atoms with E-state index in [2.05, 4.69) is 76.3 Å². The summed E-state index contributed by atoms with van der Waals surface area (Å²) in [6.07, 6.45) is 66.6. The molecule has 19 heteroatoms. The van der Waals surface area contributed by atoms with Crippen LogP contribution in [0.5, 0.6) is 0 Å². The number of aliphatic hydroxyl groups is 1. The van der Waals surface area contributed by atoms with E-state index in [1.807, 2.05) is 0 Å². The van der Waals surface area contributed by atoms with E-state index < -0.39 is 97.5 Å². The molecule has 0 aliphatic heterocycles. The number of phosphoric ester groups is 2. The van der Waals surface area contributed by atoms with Gasteiger partial charge in [-0.15, -0.1) is 0 Å². The lowest BCUT2D eigenvalue weighted by Gasteiger charge is -2.21. The molecular formula is C77H142O17P2. The van der Waals surface area contributed by atoms with Crippen LogP contribution in [-0.2, 0) is 65.4 Å². The van der Waals surface area contributed by atoms with Crippen molar-refractivity contribution in [1.82, 2.24) is 0 Å². The molecule has 0 rings (SSSR count). The van der Waals surface area contributed by atoms with Crippen molar-refractivity contribution in [2.75, 3.05) is 39.6 Å². The number of carbonyl (C=O) groups excluding carboxylic acids is 4. The molecule has 0 aromatic rings. The molecule has 0 radical (unpaired) electrons. The number of hydrogen-bond acceptors (Lipinski definition) is 15. The van der Waals surface area contributed by atoms with Crippen LogP contribution in [0.2, 0.25) is 0 Å². The molecule has 0 amide bonds. The number of esters is 4. The molecule has 0 heterocycles. The second kappa shape index (κ2) is 70.5. The van der Waals surface area contributed by atoms with Crippen molar-refractivity contribution in [2.45, 2.75) is 380 Å². The Kier molecular flexibility index (Phi) is 68.3. The van der Waals surface area contributed by atoms with Crippen LogP contribution < -0.4 is 0 Å². The summed E-state index contributed by atoms with van der Waals surface area (Å²) in [5.41, 5.74) is 0. The summed E-state index contributed by atoms with van der Waals surface area (Å²) in [6.45, 7) is 4.86. The van der Waals surface area contributed by atoms with Gasteiger partial charge in [-0.05, 0) is 89.9 Å². The molecule has 562 valence electrons. The van der Waals surface area contributed by atoms with E-state index in [-0.39, 0.29) is 25.7 Å². The Bertz CT molecular complexity index is 1880. The molecular weight excluding hydrogens is 1260 g/mol. The number of carbonyl (C=O) groups is 4. The normalized spacial score (nSPS) is 14.2. The third-order valence-electron chi connectivity index (χ3n) is 16.8. The van der Waals surface area contributed by atoms with Crippen molar-refractivity contribution in [3.8, 4) is 0 Å². The van der Waals surface area contributed by atoms with Crippen LogP contribution in [0.3, 0.4) is 0 Å². The van der Waals surface area contributed by atoms with Gasteiger partial charge in [-0.25, -0.2) is 9.13 Å². The lowest BCUT2D eigenvalue weighted by molar-refractivity contribution is -0.161. The number of allylic oxidation sites excluding steroid dienone is 8. The molecule has 0 spiro atoms. The highest BCUT2D eigenvalue weighted by molar-refractivity contribution is 7.47. The van der Waals surface area contributed by atoms with Crippen molar-refractivity contribution in [3.05, 3.63) is 48.6 Å². The summed E-state index contributed by atoms with van der Waals surface area (Å²) < 4.78 is 68.5. The highest BCUT2D eigenvalue weighted by atomic mass is 31.2. The Hall–Kier alpha value is -2.98. The fourth-order valence-corrected chi connectivity index (χ4v) is 12.4. The first kappa shape index (κ1) is 93.0. The summed E-state index contributed by atoms with van der Waals surface area (Å²) in [4.78, 5) is 72.8. The minimum absolute atomic E-state index is 0.0993. The van der Waals surface area contributed by atoms with Crippen LogP contribution in [0, 0.1) is 0 Å². The zero-order valence-corrected chi connectivity index (χ0v) is 63.1. The van der Waals surface area contributed by atoms with Crippen LogP contribution in [0.15, 0.2) is 48.6 Å². The van der Waals surface area contributed by atoms with E-state index >= 15 is 0 Å². The van der Waals surface area contributed by atoms with E-state index in [4.69, 9.17) is 37.0 Å². The first-order valence-electron chi connectivity index (χ1n) is 38.9. The Balaban J connectivity index is 5.32. The van der Waals surface area contributed by atoms with Crippen molar-refractivity contribution < 1.29 is 80.2 Å². The van der Waals surface area contributed by atoms with Crippen LogP contribution in [0.4, 0.5) is 0 Å². The summed E-state index contributed by atoms with van der Waals surface area (Å²) >= 11 is 0. The minimum atomic E-state index is -4.97. The van der Waals surface area contributed by atoms with Crippen molar-refractivity contribution in [3.63, 3.8) is 0 Å². The molecule has 0 saturated heterocycles. The minimum Gasteiger partial charge on any atom is -0.462 e. The largest absolute Gasteiger partial charge is 0.472 e. The van der Waals surface area contributed by atoms with Gasteiger partial charge < -0.3 is 33.8 Å². The standard InChI is InChI=1S/C77H142O17P2/c1-5-9-13-17-21-25-29-33-35-39-41-45-49-53-57-61-74(79)87-67-72(93-76(81)63-59-55-51-47-43-37-31-27-23-19-15-11-7-3)69-91-95(83,84)89-65-71(78)66-90-96(85,86)92-70-73(94-77(82)64-60-56-52-48-44-38-32-28-24-20-16-12-8-4)68-88-75(80)62-58-54-50-46-42-40-36-34-30-26-22-18-14-10-6-2/h21-22,25-26,33-36,71-73,78H,5-20,23-24,27-32,37-70H2,1-4H3,(H,83,84)(H,85,86)/b25-21-,26-22-,35-33-,36-34-/t72-,73-/m1/s1. The van der Waals surface area contributed by atoms with Crippen LogP contribution >= 0.6 is 15.6 Å². The third kappa shape index (κ3) is 69.5. The van der Waals surface area contributed by atoms with Gasteiger partial charge in [-0.3, -0.25) is 37.3 Å². The first-order valence-corrected chi connectivity index (χ1v) is 41.9. The molecule has 0 bridgehead atoms. The monoisotopic (exact) mass is 1400 g/mol. The first-order chi connectivity index (χ1) is 46.7. The molecule has 0 aliphatic carbocycles. The fraction of sp³-hybridized carbons (Fsp3) is 0.844. The molecule has 0 aromatic heterocycles. The van der Waals surface area contributed by atoms with Gasteiger partial charge in [0.25, 0.3) is 0 Å². The van der Waals surface area contributed by atoms with Gasteiger partial charge in [0.05, 0.1) is 26.4 Å². The van der Waals surface area contributed by atoms with Crippen LogP contribution in [0.1, 0.15) is 362 Å². The summed E-state index contributed by atoms with van der Waals surface area (Å²) in [7, 11) is -9.93. The average Bonchev–Trinajstić information content (AvgIpc) is 1.14. The smallest absolute Gasteiger partial charge is 0.462 e. The Morgan fingerprint density at radius 1 is 0.292 bits per heavy atom. The predicted molar refractivity (Wildman–Crippen MR) is 390 cm³/mol. The van der Waals surface area contributed by atoms with Crippen molar-refractivity contribution in [1.29, 1.82) is 0 Å². The van der Waals surface area contributed by atoms with E-state index in [1.54, 1.807) is 0 Å². The summed E-state index contributed by atoms with van der Waals surface area (Å²) in [5.74, 6) is -2.17. The lowest BCUT2D eigenvalue weighted by atomic mass is 10.0. The maximum Gasteiger partial charge on any atom is 0.472 e. The number of ether oxygens (including phenoxy) is 4. The number of phosphoric acid groups is 2. The lowest BCUT2D eigenvalue weighted by Crippen LogP contribution is -2.30. The van der Waals surface area contributed by atoms with E-state index in [9.17, 15) is 43.2 Å². The summed E-state index contributed by atoms with van der Waals surface area (Å²) in [5, 5.41) is 10.6. The van der Waals surface area contributed by atoms with Gasteiger partial charge in [-0.1, -0.05) is 295 Å². The molecule has 0 saturated carbocycles. The van der Waals surface area contributed by atoms with E-state index in [1.165, 1.54) is 141 Å². The molecule has 96 heavy (non-hydrogen) atoms. The Morgan fingerprint density at radius 2 is 0.510 bits per heavy atom. The van der Waals surface area contributed by atoms with Gasteiger partial charge in [0.15, 0.2) is 12.2 Å². The molecule has 4 atom stereocenters. The molecule has 2 unspecified atom stereocenters. The highest BCUT2D eigenvalue weighted by Crippen LogP contribution is 2.45. The number of rotatable bonds is 74. The van der Waals surface area contributed by atoms with E-state index in [0.717, 1.165) is 141 Å². The summed E-state index contributed by atoms with van der Waals surface area (Å²) in [6, 6.07) is 0. The Morgan fingerprint density at radius 3 is 0.792 bits per heavy atom. The van der Waals surface area contributed by atoms with Crippen molar-refractivity contribution >= 4 is 39.5 Å². The van der Waals surface area contributed by atoms with Crippen LogP contribution in [-0.4, -0.2) is 96.7 Å². The second-order valence-electron chi connectivity index (χ2n) is 26.3. The van der Waals surface area contributed by atoms with E-state index in [0.29, 0.717) is 25.7 Å². The zero-order valence-electron chi connectivity index (χ0n) is 61.3. The van der Waals surface area contributed by atoms with Crippen LogP contribution in [0.25, 0.3) is 0 Å². The number of aliphatic hydroxyl groups excluding tert-OH is 1. The second-order valence-corrected chi connectivity index (χ2v) is 29.2. The van der Waals surface area contributed by atoms with Gasteiger partial charge in [0.2, 0.25) is 0 Å². The zero-order chi connectivity index (χ0) is 70.4. The van der Waals surface area contributed by atoms with Gasteiger partial charge >= 0.3 is 39.5 Å². The maximum atomic E-state index is 13.1. The molecule has 0 aromatic carbocycles. The Labute approximate surface area is 585 Å². The fourth-order valence-electron chi connectivity index (χ4n) is 10.8. The number of hydrogen-bond donors (Lipinski definition) is 3. The highest BCUT2D eigenvalue weighted by Gasteiger charge is 2.30. The molecule has 17 nitrogen and oxygen atoms in total. The average molecular weight is 1400 g/mol. The molecule has 3 N–H and O–H groups in total. The quantitative estimate of drug-likeness (QED) is 0.0169. The van der Waals surface area contributed by atoms with Gasteiger partial charge in [0.1, 0.15) is 19.3 Å². The molecule has 0 aliphatic rings. The number of unbranched alkanes of at least 4 members (excludes halogenated alkanes) is 40. The van der Waals surface area contributed by atoms with Gasteiger partial charge in [-0.2, -0.15) is 0 Å². The SMILES string of the molecule is CCCCC/C=C\C/C=C\CCCCCCCC(=O)OC[C@H](COP(=O)(O)OCC(O)COP(=O)(O)OC[C@@H](COC(=O)CCCCCCC/C=C\C/C=C\CCCCC)OC(=O)CCCCCCCCCCCCCCC)OC(=O)CCCCCCCCCCCCCCC. The third-order valence-corrected chi connectivity index (χ3v) is 18.7. The topological polar surface area (TPSA) is 237 Å².